The third kappa shape index (κ3) is 7.93. The first-order valence-corrected chi connectivity index (χ1v) is 15.2. The summed E-state index contributed by atoms with van der Waals surface area (Å²) in [5.41, 5.74) is 6.77. The van der Waals surface area contributed by atoms with Crippen LogP contribution in [0.2, 0.25) is 0 Å². The van der Waals surface area contributed by atoms with Gasteiger partial charge in [-0.3, -0.25) is 9.97 Å². The Bertz CT molecular complexity index is 1100. The fraction of sp³-hybridized carbons (Fsp3) is 0.688. The molecule has 2 fully saturated rings. The molecule has 0 radical (unpaired) electrons. The van der Waals surface area contributed by atoms with Crippen LogP contribution in [-0.2, 0) is 13.1 Å². The summed E-state index contributed by atoms with van der Waals surface area (Å²) in [6.07, 6.45) is 1.86. The molecule has 0 spiro atoms. The van der Waals surface area contributed by atoms with Gasteiger partial charge in [-0.15, -0.1) is 0 Å². The van der Waals surface area contributed by atoms with Crippen LogP contribution in [0.1, 0.15) is 81.6 Å². The van der Waals surface area contributed by atoms with Crippen LogP contribution in [0, 0.1) is 5.92 Å². The van der Waals surface area contributed by atoms with Crippen molar-refractivity contribution in [3.05, 3.63) is 47.0 Å². The Kier molecular flexibility index (Phi) is 10.4. The van der Waals surface area contributed by atoms with E-state index in [1.54, 1.807) is 0 Å². The van der Waals surface area contributed by atoms with Crippen molar-refractivity contribution in [2.45, 2.75) is 84.1 Å². The summed E-state index contributed by atoms with van der Waals surface area (Å²) in [4.78, 5) is 19.4. The van der Waals surface area contributed by atoms with Crippen LogP contribution in [0.4, 0.5) is 11.4 Å². The van der Waals surface area contributed by atoms with E-state index in [1.807, 2.05) is 0 Å². The quantitative estimate of drug-likeness (QED) is 0.457. The van der Waals surface area contributed by atoms with Gasteiger partial charge in [0.15, 0.2) is 0 Å². The summed E-state index contributed by atoms with van der Waals surface area (Å²) in [7, 11) is 6.34. The number of aliphatic hydroxyl groups excluding tert-OH is 2. The van der Waals surface area contributed by atoms with E-state index in [0.717, 1.165) is 87.0 Å². The molecular weight excluding hydrogens is 500 g/mol. The van der Waals surface area contributed by atoms with E-state index in [4.69, 9.17) is 9.97 Å². The van der Waals surface area contributed by atoms with Crippen LogP contribution >= 0.6 is 0 Å². The summed E-state index contributed by atoms with van der Waals surface area (Å²) < 4.78 is 0. The summed E-state index contributed by atoms with van der Waals surface area (Å²) in [6, 6.07) is 8.75. The number of nitrogens with zero attached hydrogens (tertiary/aromatic N) is 6. The van der Waals surface area contributed by atoms with Gasteiger partial charge in [0.1, 0.15) is 0 Å². The van der Waals surface area contributed by atoms with Crippen molar-refractivity contribution in [1.29, 1.82) is 0 Å². The number of piperidine rings is 2. The Labute approximate surface area is 242 Å². The molecule has 4 heterocycles. The average Bonchev–Trinajstić information content (AvgIpc) is 2.88. The first-order valence-electron chi connectivity index (χ1n) is 15.2. The van der Waals surface area contributed by atoms with Crippen LogP contribution < -0.4 is 9.80 Å². The maximum Gasteiger partial charge on any atom is 0.0780 e. The molecular formula is C32H52N6O2. The predicted octanol–water partition coefficient (Wildman–Crippen LogP) is 4.07. The minimum absolute atomic E-state index is 0.194. The number of hydrogen-bond donors (Lipinski definition) is 2. The third-order valence-electron chi connectivity index (χ3n) is 8.24. The number of β-amino-alcohol motifs (C(OH)–C–C–N with tert-alkyl or cyclic N) is 1. The predicted molar refractivity (Wildman–Crippen MR) is 164 cm³/mol. The standard InChI is InChI=1S/C32H52N6O2/c1-22(2)27-9-11-32(29(33-27)20-35(5)6)38-18-24(16-26(40)19-38)17-36(7)21-30-31(10-8-28(34-30)23(3)4)37-14-12-25(39)13-15-37/h8-11,22-26,39-40H,12-21H2,1-7H3/t24?,26-/m1/s1. The van der Waals surface area contributed by atoms with Crippen molar-refractivity contribution in [2.24, 2.45) is 5.92 Å². The monoisotopic (exact) mass is 552 g/mol. The van der Waals surface area contributed by atoms with Gasteiger partial charge >= 0.3 is 0 Å². The van der Waals surface area contributed by atoms with E-state index >= 15 is 0 Å². The molecule has 2 saturated heterocycles. The zero-order valence-electron chi connectivity index (χ0n) is 25.8. The number of pyridine rings is 2. The Morgan fingerprint density at radius 2 is 1.32 bits per heavy atom. The van der Waals surface area contributed by atoms with Gasteiger partial charge in [0.25, 0.3) is 0 Å². The third-order valence-corrected chi connectivity index (χ3v) is 8.24. The second-order valence-electron chi connectivity index (χ2n) is 13.0. The van der Waals surface area contributed by atoms with Crippen LogP contribution in [0.5, 0.6) is 0 Å². The zero-order chi connectivity index (χ0) is 29.0. The second kappa shape index (κ2) is 13.6. The smallest absolute Gasteiger partial charge is 0.0780 e. The largest absolute Gasteiger partial charge is 0.393 e. The molecule has 2 aromatic rings. The van der Waals surface area contributed by atoms with E-state index < -0.39 is 0 Å². The van der Waals surface area contributed by atoms with Crippen LogP contribution in [0.3, 0.4) is 0 Å². The molecule has 2 N–H and O–H groups in total. The van der Waals surface area contributed by atoms with Crippen molar-refractivity contribution >= 4 is 11.4 Å². The van der Waals surface area contributed by atoms with Gasteiger partial charge < -0.3 is 29.8 Å². The summed E-state index contributed by atoms with van der Waals surface area (Å²) in [5, 5.41) is 21.0. The fourth-order valence-corrected chi connectivity index (χ4v) is 6.14. The minimum Gasteiger partial charge on any atom is -0.393 e. The highest BCUT2D eigenvalue weighted by atomic mass is 16.3. The Morgan fingerprint density at radius 3 is 1.88 bits per heavy atom. The summed E-state index contributed by atoms with van der Waals surface area (Å²) in [6.45, 7) is 14.5. The Morgan fingerprint density at radius 1 is 0.775 bits per heavy atom. The topological polar surface area (TPSA) is 79.2 Å². The lowest BCUT2D eigenvalue weighted by Crippen LogP contribution is -2.47. The number of anilines is 2. The van der Waals surface area contributed by atoms with Gasteiger partial charge in [-0.05, 0) is 82.4 Å². The summed E-state index contributed by atoms with van der Waals surface area (Å²) >= 11 is 0. The number of hydrogen-bond acceptors (Lipinski definition) is 8. The molecule has 2 aliphatic rings. The lowest BCUT2D eigenvalue weighted by Gasteiger charge is -2.39. The van der Waals surface area contributed by atoms with Crippen molar-refractivity contribution in [1.82, 2.24) is 19.8 Å². The van der Waals surface area contributed by atoms with Gasteiger partial charge in [-0.25, -0.2) is 0 Å². The molecule has 8 nitrogen and oxygen atoms in total. The minimum atomic E-state index is -0.359. The molecule has 40 heavy (non-hydrogen) atoms. The van der Waals surface area contributed by atoms with E-state index in [2.05, 4.69) is 92.7 Å². The lowest BCUT2D eigenvalue weighted by molar-refractivity contribution is 0.112. The van der Waals surface area contributed by atoms with Gasteiger partial charge in [-0.2, -0.15) is 0 Å². The van der Waals surface area contributed by atoms with Crippen LogP contribution in [0.25, 0.3) is 0 Å². The van der Waals surface area contributed by atoms with Crippen molar-refractivity contribution < 1.29 is 10.2 Å². The molecule has 1 unspecified atom stereocenters. The number of rotatable bonds is 10. The van der Waals surface area contributed by atoms with E-state index in [9.17, 15) is 10.2 Å². The molecule has 0 aromatic carbocycles. The van der Waals surface area contributed by atoms with E-state index in [0.29, 0.717) is 24.3 Å². The molecule has 4 rings (SSSR count). The van der Waals surface area contributed by atoms with Crippen LogP contribution in [-0.4, -0.2) is 96.1 Å². The molecule has 8 heteroatoms. The highest BCUT2D eigenvalue weighted by Crippen LogP contribution is 2.30. The van der Waals surface area contributed by atoms with E-state index in [-0.39, 0.29) is 12.2 Å². The molecule has 0 amide bonds. The number of aliphatic hydroxyl groups is 2. The van der Waals surface area contributed by atoms with Gasteiger partial charge in [0, 0.05) is 57.2 Å². The first-order chi connectivity index (χ1) is 19.0. The molecule has 222 valence electrons. The molecule has 0 bridgehead atoms. The highest BCUT2D eigenvalue weighted by molar-refractivity contribution is 5.53. The maximum atomic E-state index is 10.9. The SMILES string of the molecule is CC(C)c1ccc(N2CCC(O)CC2)c(CN(C)CC2C[C@@H](O)CN(c3ccc(C(C)C)nc3CN(C)C)C2)n1. The fourth-order valence-electron chi connectivity index (χ4n) is 6.14. The maximum absolute atomic E-state index is 10.9. The average molecular weight is 553 g/mol. The lowest BCUT2D eigenvalue weighted by atomic mass is 9.94. The van der Waals surface area contributed by atoms with E-state index in [1.165, 1.54) is 5.69 Å². The number of aromatic nitrogens is 2. The summed E-state index contributed by atoms with van der Waals surface area (Å²) in [5.74, 6) is 1.09. The second-order valence-corrected chi connectivity index (χ2v) is 13.0. The Hall–Kier alpha value is -2.26. The normalized spacial score (nSPS) is 20.9. The molecule has 2 aromatic heterocycles. The van der Waals surface area contributed by atoms with Crippen LogP contribution in [0.15, 0.2) is 24.3 Å². The van der Waals surface area contributed by atoms with Crippen molar-refractivity contribution in [3.8, 4) is 0 Å². The Balaban J connectivity index is 1.49. The van der Waals surface area contributed by atoms with Gasteiger partial charge in [-0.1, -0.05) is 27.7 Å². The molecule has 2 atom stereocenters. The van der Waals surface area contributed by atoms with Gasteiger partial charge in [0.05, 0.1) is 35.0 Å². The zero-order valence-corrected chi connectivity index (χ0v) is 25.8. The van der Waals surface area contributed by atoms with Crippen molar-refractivity contribution in [3.63, 3.8) is 0 Å². The van der Waals surface area contributed by atoms with Crippen molar-refractivity contribution in [2.75, 3.05) is 63.7 Å². The van der Waals surface area contributed by atoms with Gasteiger partial charge in [0.2, 0.25) is 0 Å². The first kappa shape index (κ1) is 30.7. The highest BCUT2D eigenvalue weighted by Gasteiger charge is 2.29. The molecule has 0 saturated carbocycles. The molecule has 2 aliphatic heterocycles. The molecule has 0 aliphatic carbocycles.